The van der Waals surface area contributed by atoms with Gasteiger partial charge in [-0.1, -0.05) is 36.7 Å². The number of aliphatic hydroxyl groups excluding tert-OH is 2. The molecule has 108 valence electrons. The minimum Gasteiger partial charge on any atom is -0.392 e. The number of nitrogens with one attached hydrogen (secondary N) is 1. The second-order valence-electron chi connectivity index (χ2n) is 4.48. The first-order valence-corrected chi connectivity index (χ1v) is 6.89. The Morgan fingerprint density at radius 1 is 1.21 bits per heavy atom. The predicted molar refractivity (Wildman–Crippen MR) is 76.3 cm³/mol. The summed E-state index contributed by atoms with van der Waals surface area (Å²) in [5.41, 5.74) is 0.908. The van der Waals surface area contributed by atoms with Gasteiger partial charge in [0.05, 0.1) is 25.4 Å². The average molecular weight is 288 g/mol. The molecule has 0 aliphatic heterocycles. The molecule has 0 radical (unpaired) electrons. The summed E-state index contributed by atoms with van der Waals surface area (Å²) in [6.07, 6.45) is -0.255. The molecule has 0 aromatic heterocycles. The van der Waals surface area contributed by atoms with Crippen molar-refractivity contribution in [1.29, 1.82) is 0 Å². The monoisotopic (exact) mass is 287 g/mol. The van der Waals surface area contributed by atoms with E-state index in [4.69, 9.17) is 16.3 Å². The van der Waals surface area contributed by atoms with Gasteiger partial charge < -0.3 is 20.3 Å². The first-order chi connectivity index (χ1) is 9.13. The van der Waals surface area contributed by atoms with Crippen molar-refractivity contribution in [2.24, 2.45) is 0 Å². The van der Waals surface area contributed by atoms with Crippen LogP contribution in [0.3, 0.4) is 0 Å². The first kappa shape index (κ1) is 16.4. The Kier molecular flexibility index (Phi) is 8.02. The van der Waals surface area contributed by atoms with E-state index in [0.29, 0.717) is 31.1 Å². The lowest BCUT2D eigenvalue weighted by atomic mass is 10.2. The molecule has 0 aliphatic carbocycles. The van der Waals surface area contributed by atoms with Crippen LogP contribution in [0.1, 0.15) is 18.9 Å². The van der Waals surface area contributed by atoms with Crippen molar-refractivity contribution in [2.45, 2.75) is 32.2 Å². The lowest BCUT2D eigenvalue weighted by Crippen LogP contribution is -2.35. The van der Waals surface area contributed by atoms with E-state index in [1.54, 1.807) is 0 Å². The Labute approximate surface area is 119 Å². The molecule has 0 saturated carbocycles. The van der Waals surface area contributed by atoms with Gasteiger partial charge in [0.15, 0.2) is 0 Å². The normalized spacial score (nSPS) is 14.3. The average Bonchev–Trinajstić information content (AvgIpc) is 2.40. The van der Waals surface area contributed by atoms with E-state index in [1.165, 1.54) is 0 Å². The standard InChI is InChI=1S/C14H22ClNO3/c1-2-12(17)7-16-8-13(18)10-19-9-11-5-3-4-6-14(11)15/h3-6,12-13,16-18H,2,7-10H2,1H3. The van der Waals surface area contributed by atoms with E-state index in [0.717, 1.165) is 5.56 Å². The molecule has 0 bridgehead atoms. The Balaban J connectivity index is 2.13. The van der Waals surface area contributed by atoms with Crippen LogP contribution in [0.5, 0.6) is 0 Å². The molecule has 3 N–H and O–H groups in total. The highest BCUT2D eigenvalue weighted by Crippen LogP contribution is 2.15. The van der Waals surface area contributed by atoms with Gasteiger partial charge in [-0.25, -0.2) is 0 Å². The molecule has 19 heavy (non-hydrogen) atoms. The van der Waals surface area contributed by atoms with E-state index >= 15 is 0 Å². The molecular weight excluding hydrogens is 266 g/mol. The third-order valence-electron chi connectivity index (χ3n) is 2.76. The van der Waals surface area contributed by atoms with Crippen molar-refractivity contribution < 1.29 is 14.9 Å². The van der Waals surface area contributed by atoms with E-state index in [-0.39, 0.29) is 12.7 Å². The van der Waals surface area contributed by atoms with Crippen LogP contribution in [0.4, 0.5) is 0 Å². The molecule has 1 aromatic carbocycles. The van der Waals surface area contributed by atoms with E-state index in [1.807, 2.05) is 31.2 Å². The van der Waals surface area contributed by atoms with E-state index in [9.17, 15) is 10.2 Å². The number of hydrogen-bond donors (Lipinski definition) is 3. The van der Waals surface area contributed by atoms with Gasteiger partial charge in [0.25, 0.3) is 0 Å². The van der Waals surface area contributed by atoms with Crippen molar-refractivity contribution in [1.82, 2.24) is 5.32 Å². The van der Waals surface area contributed by atoms with E-state index in [2.05, 4.69) is 5.32 Å². The largest absolute Gasteiger partial charge is 0.392 e. The summed E-state index contributed by atoms with van der Waals surface area (Å²) in [5.74, 6) is 0. The second-order valence-corrected chi connectivity index (χ2v) is 4.89. The molecule has 4 nitrogen and oxygen atoms in total. The minimum atomic E-state index is -0.591. The molecule has 0 aliphatic rings. The Morgan fingerprint density at radius 3 is 2.58 bits per heavy atom. The van der Waals surface area contributed by atoms with Crippen molar-refractivity contribution in [3.05, 3.63) is 34.9 Å². The fourth-order valence-corrected chi connectivity index (χ4v) is 1.73. The predicted octanol–water partition coefficient (Wildman–Crippen LogP) is 1.58. The Bertz CT molecular complexity index is 362. The van der Waals surface area contributed by atoms with Crippen LogP contribution in [-0.2, 0) is 11.3 Å². The number of ether oxygens (including phenoxy) is 1. The van der Waals surface area contributed by atoms with Gasteiger partial charge in [-0.3, -0.25) is 0 Å². The molecule has 0 saturated heterocycles. The molecular formula is C14H22ClNO3. The van der Waals surface area contributed by atoms with Crippen molar-refractivity contribution in [3.8, 4) is 0 Å². The lowest BCUT2D eigenvalue weighted by molar-refractivity contribution is 0.0273. The van der Waals surface area contributed by atoms with E-state index < -0.39 is 6.10 Å². The number of halogens is 1. The number of rotatable bonds is 9. The molecule has 0 spiro atoms. The Hall–Kier alpha value is -0.650. The first-order valence-electron chi connectivity index (χ1n) is 6.51. The fourth-order valence-electron chi connectivity index (χ4n) is 1.54. The quantitative estimate of drug-likeness (QED) is 0.645. The zero-order chi connectivity index (χ0) is 14.1. The maximum atomic E-state index is 9.68. The summed E-state index contributed by atoms with van der Waals surface area (Å²) >= 11 is 5.99. The number of hydrogen-bond acceptors (Lipinski definition) is 4. The van der Waals surface area contributed by atoms with Gasteiger partial charge in [0.1, 0.15) is 0 Å². The van der Waals surface area contributed by atoms with Crippen LogP contribution < -0.4 is 5.32 Å². The van der Waals surface area contributed by atoms with Crippen LogP contribution in [0.25, 0.3) is 0 Å². The van der Waals surface area contributed by atoms with Crippen LogP contribution >= 0.6 is 11.6 Å². The summed E-state index contributed by atoms with van der Waals surface area (Å²) in [5, 5.41) is 22.7. The minimum absolute atomic E-state index is 0.237. The van der Waals surface area contributed by atoms with Gasteiger partial charge >= 0.3 is 0 Å². The molecule has 2 atom stereocenters. The van der Waals surface area contributed by atoms with Gasteiger partial charge in [-0.15, -0.1) is 0 Å². The molecule has 2 unspecified atom stereocenters. The molecule has 5 heteroatoms. The van der Waals surface area contributed by atoms with Gasteiger partial charge in [-0.05, 0) is 18.1 Å². The lowest BCUT2D eigenvalue weighted by Gasteiger charge is -2.14. The van der Waals surface area contributed by atoms with Gasteiger partial charge in [0, 0.05) is 18.1 Å². The summed E-state index contributed by atoms with van der Waals surface area (Å²) < 4.78 is 5.41. The second kappa shape index (κ2) is 9.28. The maximum Gasteiger partial charge on any atom is 0.0897 e. The zero-order valence-corrected chi connectivity index (χ0v) is 11.9. The highest BCUT2D eigenvalue weighted by Gasteiger charge is 2.06. The summed E-state index contributed by atoms with van der Waals surface area (Å²) in [6.45, 7) is 3.42. The van der Waals surface area contributed by atoms with Crippen molar-refractivity contribution in [3.63, 3.8) is 0 Å². The SMILES string of the molecule is CCC(O)CNCC(O)COCc1ccccc1Cl. The van der Waals surface area contributed by atoms with Crippen molar-refractivity contribution in [2.75, 3.05) is 19.7 Å². The van der Waals surface area contributed by atoms with Crippen LogP contribution in [0, 0.1) is 0 Å². The third kappa shape index (κ3) is 6.89. The highest BCUT2D eigenvalue weighted by molar-refractivity contribution is 6.31. The van der Waals surface area contributed by atoms with Crippen LogP contribution in [0.15, 0.2) is 24.3 Å². The molecule has 0 fully saturated rings. The van der Waals surface area contributed by atoms with Crippen LogP contribution in [0.2, 0.25) is 5.02 Å². The van der Waals surface area contributed by atoms with Crippen LogP contribution in [-0.4, -0.2) is 42.1 Å². The summed E-state index contributed by atoms with van der Waals surface area (Å²) in [7, 11) is 0. The molecule has 0 amide bonds. The number of benzene rings is 1. The highest BCUT2D eigenvalue weighted by atomic mass is 35.5. The van der Waals surface area contributed by atoms with Gasteiger partial charge in [-0.2, -0.15) is 0 Å². The maximum absolute atomic E-state index is 9.68. The zero-order valence-electron chi connectivity index (χ0n) is 11.2. The molecule has 1 rings (SSSR count). The summed E-state index contributed by atoms with van der Waals surface area (Å²) in [6, 6.07) is 7.47. The Morgan fingerprint density at radius 2 is 1.89 bits per heavy atom. The molecule has 0 heterocycles. The van der Waals surface area contributed by atoms with Crippen molar-refractivity contribution >= 4 is 11.6 Å². The molecule has 1 aromatic rings. The smallest absolute Gasteiger partial charge is 0.0897 e. The van der Waals surface area contributed by atoms with Gasteiger partial charge in [0.2, 0.25) is 0 Å². The fraction of sp³-hybridized carbons (Fsp3) is 0.571. The number of aliphatic hydroxyl groups is 2. The topological polar surface area (TPSA) is 61.7 Å². The summed E-state index contributed by atoms with van der Waals surface area (Å²) in [4.78, 5) is 0. The third-order valence-corrected chi connectivity index (χ3v) is 3.13.